The largest absolute Gasteiger partial charge is 0.287 e. The van der Waals surface area contributed by atoms with Crippen LogP contribution in [0, 0.1) is 0 Å². The van der Waals surface area contributed by atoms with Crippen LogP contribution in [0.15, 0.2) is 34.3 Å². The summed E-state index contributed by atoms with van der Waals surface area (Å²) in [6.45, 7) is 12.2. The van der Waals surface area contributed by atoms with Crippen molar-refractivity contribution in [1.82, 2.24) is 4.90 Å². The molecule has 1 atom stereocenters. The maximum atomic E-state index is 12.2. The third-order valence-electron chi connectivity index (χ3n) is 3.44. The molecule has 0 bridgehead atoms. The SMILES string of the molecule is CC.CCCC(C)N(C(=O)CC)C1=C=CC/C=C(CC)\C=N/1. The van der Waals surface area contributed by atoms with E-state index >= 15 is 0 Å². The zero-order valence-corrected chi connectivity index (χ0v) is 15.1. The molecule has 0 fully saturated rings. The molecule has 0 aromatic carbocycles. The van der Waals surface area contributed by atoms with Crippen LogP contribution in [-0.2, 0) is 4.79 Å². The maximum Gasteiger partial charge on any atom is 0.228 e. The van der Waals surface area contributed by atoms with Gasteiger partial charge in [-0.2, -0.15) is 0 Å². The molecular weight excluding hydrogens is 272 g/mol. The van der Waals surface area contributed by atoms with Crippen LogP contribution in [-0.4, -0.2) is 23.1 Å². The van der Waals surface area contributed by atoms with E-state index in [9.17, 15) is 4.79 Å². The number of rotatable bonds is 6. The Morgan fingerprint density at radius 3 is 2.59 bits per heavy atom. The summed E-state index contributed by atoms with van der Waals surface area (Å²) in [6.07, 6.45) is 10.3. The Morgan fingerprint density at radius 1 is 1.36 bits per heavy atom. The van der Waals surface area contributed by atoms with Gasteiger partial charge in [0.2, 0.25) is 5.91 Å². The van der Waals surface area contributed by atoms with Gasteiger partial charge in [0, 0.05) is 18.7 Å². The molecule has 1 aliphatic rings. The van der Waals surface area contributed by atoms with Crippen molar-refractivity contribution in [3.63, 3.8) is 0 Å². The van der Waals surface area contributed by atoms with Crippen LogP contribution in [0.3, 0.4) is 0 Å². The highest BCUT2D eigenvalue weighted by atomic mass is 16.2. The molecule has 0 aromatic heterocycles. The Morgan fingerprint density at radius 2 is 2.05 bits per heavy atom. The van der Waals surface area contributed by atoms with E-state index in [-0.39, 0.29) is 11.9 Å². The Bertz CT molecular complexity index is 454. The Kier molecular flexibility index (Phi) is 11.1. The van der Waals surface area contributed by atoms with Gasteiger partial charge < -0.3 is 0 Å². The quantitative estimate of drug-likeness (QED) is 0.617. The third kappa shape index (κ3) is 6.44. The number of carbonyl (C=O) groups excluding carboxylic acids is 1. The van der Waals surface area contributed by atoms with Crippen molar-refractivity contribution in [2.24, 2.45) is 4.99 Å². The highest BCUT2D eigenvalue weighted by Crippen LogP contribution is 2.17. The molecule has 1 rings (SSSR count). The average molecular weight is 304 g/mol. The first-order valence-corrected chi connectivity index (χ1v) is 8.64. The predicted octanol–water partition coefficient (Wildman–Crippen LogP) is 5.25. The fraction of sp³-hybridized carbons (Fsp3) is 0.632. The van der Waals surface area contributed by atoms with Crippen molar-refractivity contribution in [3.8, 4) is 0 Å². The van der Waals surface area contributed by atoms with E-state index in [2.05, 4.69) is 37.6 Å². The van der Waals surface area contributed by atoms with Gasteiger partial charge in [-0.15, -0.1) is 0 Å². The van der Waals surface area contributed by atoms with E-state index in [0.29, 0.717) is 12.2 Å². The molecule has 124 valence electrons. The molecule has 0 radical (unpaired) electrons. The van der Waals surface area contributed by atoms with Crippen molar-refractivity contribution in [1.29, 1.82) is 0 Å². The summed E-state index contributed by atoms with van der Waals surface area (Å²) in [5, 5.41) is 0. The number of carbonyl (C=O) groups is 1. The second-order valence-electron chi connectivity index (χ2n) is 5.05. The first-order chi connectivity index (χ1) is 10.6. The van der Waals surface area contributed by atoms with Crippen LogP contribution in [0.1, 0.15) is 73.6 Å². The van der Waals surface area contributed by atoms with Gasteiger partial charge in [0.25, 0.3) is 0 Å². The Hall–Kier alpha value is -1.60. The fourth-order valence-electron chi connectivity index (χ4n) is 2.25. The van der Waals surface area contributed by atoms with Gasteiger partial charge in [0.15, 0.2) is 5.82 Å². The molecule has 0 spiro atoms. The molecule has 0 N–H and O–H groups in total. The van der Waals surface area contributed by atoms with Crippen molar-refractivity contribution in [2.75, 3.05) is 0 Å². The Labute approximate surface area is 136 Å². The number of aliphatic imine (C=N–C) groups is 1. The van der Waals surface area contributed by atoms with Gasteiger partial charge in [0.05, 0.1) is 0 Å². The number of nitrogens with zero attached hydrogens (tertiary/aromatic N) is 2. The molecule has 1 aliphatic heterocycles. The molecule has 0 saturated heterocycles. The normalized spacial score (nSPS) is 18.6. The van der Waals surface area contributed by atoms with Crippen LogP contribution in [0.2, 0.25) is 0 Å². The Balaban J connectivity index is 0.00000211. The summed E-state index contributed by atoms with van der Waals surface area (Å²) < 4.78 is 0. The minimum absolute atomic E-state index is 0.113. The molecule has 22 heavy (non-hydrogen) atoms. The lowest BCUT2D eigenvalue weighted by Crippen LogP contribution is -2.36. The van der Waals surface area contributed by atoms with Crippen LogP contribution in [0.25, 0.3) is 0 Å². The summed E-state index contributed by atoms with van der Waals surface area (Å²) in [5.41, 5.74) is 4.38. The van der Waals surface area contributed by atoms with E-state index in [4.69, 9.17) is 0 Å². The van der Waals surface area contributed by atoms with Crippen molar-refractivity contribution >= 4 is 12.1 Å². The maximum absolute atomic E-state index is 12.2. The van der Waals surface area contributed by atoms with Gasteiger partial charge >= 0.3 is 0 Å². The summed E-state index contributed by atoms with van der Waals surface area (Å²) >= 11 is 0. The van der Waals surface area contributed by atoms with E-state index < -0.39 is 0 Å². The van der Waals surface area contributed by atoms with Crippen LogP contribution >= 0.6 is 0 Å². The number of allylic oxidation sites excluding steroid dienone is 3. The lowest BCUT2D eigenvalue weighted by molar-refractivity contribution is -0.130. The van der Waals surface area contributed by atoms with E-state index in [1.165, 1.54) is 5.57 Å². The van der Waals surface area contributed by atoms with Crippen LogP contribution in [0.5, 0.6) is 0 Å². The lowest BCUT2D eigenvalue weighted by Gasteiger charge is -2.28. The van der Waals surface area contributed by atoms with E-state index in [0.717, 1.165) is 25.7 Å². The smallest absolute Gasteiger partial charge is 0.228 e. The summed E-state index contributed by atoms with van der Waals surface area (Å²) in [7, 11) is 0. The minimum atomic E-state index is 0.113. The second-order valence-corrected chi connectivity index (χ2v) is 5.05. The third-order valence-corrected chi connectivity index (χ3v) is 3.44. The molecule has 0 saturated carbocycles. The highest BCUT2D eigenvalue weighted by molar-refractivity contribution is 5.82. The molecular formula is C19H32N2O. The van der Waals surface area contributed by atoms with Crippen molar-refractivity contribution in [2.45, 2.75) is 79.7 Å². The van der Waals surface area contributed by atoms with Gasteiger partial charge in [0.1, 0.15) is 0 Å². The van der Waals surface area contributed by atoms with Gasteiger partial charge in [-0.3, -0.25) is 9.69 Å². The number of amides is 1. The highest BCUT2D eigenvalue weighted by Gasteiger charge is 2.21. The summed E-state index contributed by atoms with van der Waals surface area (Å²) in [6, 6.07) is 0.161. The van der Waals surface area contributed by atoms with Gasteiger partial charge in [-0.05, 0) is 37.8 Å². The molecule has 1 amide bonds. The van der Waals surface area contributed by atoms with E-state index in [1.54, 1.807) is 4.90 Å². The first-order valence-electron chi connectivity index (χ1n) is 8.64. The van der Waals surface area contributed by atoms with Gasteiger partial charge in [-0.25, -0.2) is 4.99 Å². The molecule has 3 nitrogen and oxygen atoms in total. The van der Waals surface area contributed by atoms with Crippen molar-refractivity contribution < 1.29 is 4.79 Å². The van der Waals surface area contributed by atoms with Crippen molar-refractivity contribution in [3.05, 3.63) is 29.3 Å². The molecule has 0 aliphatic carbocycles. The standard InChI is InChI=1S/C17H26N2O.C2H6/c1-5-10-14(4)19(17(20)7-3)16-12-9-8-11-15(6-2)13-18-16;1-2/h9,11,13-14H,5-8,10H2,1-4H3;1-2H3/b15-11-,18-13-;. The zero-order valence-electron chi connectivity index (χ0n) is 15.1. The molecule has 3 heteroatoms. The predicted molar refractivity (Wildman–Crippen MR) is 95.9 cm³/mol. The summed E-state index contributed by atoms with van der Waals surface area (Å²) in [5.74, 6) is 0.762. The topological polar surface area (TPSA) is 32.7 Å². The number of hydrogen-bond donors (Lipinski definition) is 0. The second kappa shape index (κ2) is 12.0. The molecule has 1 heterocycles. The zero-order chi connectivity index (χ0) is 17.0. The van der Waals surface area contributed by atoms with E-state index in [1.807, 2.05) is 33.1 Å². The number of hydrogen-bond acceptors (Lipinski definition) is 2. The first kappa shape index (κ1) is 20.4. The minimum Gasteiger partial charge on any atom is -0.287 e. The fourth-order valence-corrected chi connectivity index (χ4v) is 2.25. The van der Waals surface area contributed by atoms with Crippen LogP contribution in [0.4, 0.5) is 0 Å². The summed E-state index contributed by atoms with van der Waals surface area (Å²) in [4.78, 5) is 18.5. The van der Waals surface area contributed by atoms with Crippen LogP contribution < -0.4 is 0 Å². The monoisotopic (exact) mass is 304 g/mol. The average Bonchev–Trinajstić information content (AvgIpc) is 2.52. The lowest BCUT2D eigenvalue weighted by atomic mass is 10.1. The van der Waals surface area contributed by atoms with Gasteiger partial charge in [-0.1, -0.05) is 52.8 Å². The molecule has 1 unspecified atom stereocenters. The molecule has 0 aromatic rings.